The van der Waals surface area contributed by atoms with Gasteiger partial charge in [0.1, 0.15) is 0 Å². The topological polar surface area (TPSA) is 44.1 Å². The number of hydrogen-bond donors (Lipinski definition) is 0. The van der Waals surface area contributed by atoms with Gasteiger partial charge in [-0.05, 0) is 38.0 Å². The van der Waals surface area contributed by atoms with Crippen molar-refractivity contribution in [3.05, 3.63) is 29.3 Å². The van der Waals surface area contributed by atoms with Gasteiger partial charge in [-0.15, -0.1) is 0 Å². The molecule has 0 aromatic heterocycles. The molecule has 3 heteroatoms. The Labute approximate surface area is 95.3 Å². The third-order valence-electron chi connectivity index (χ3n) is 2.98. The zero-order valence-corrected chi connectivity index (χ0v) is 9.53. The molecule has 1 aromatic carbocycles. The van der Waals surface area contributed by atoms with Gasteiger partial charge in [0.15, 0.2) is 5.78 Å². The molecule has 1 aromatic rings. The van der Waals surface area contributed by atoms with Crippen LogP contribution in [0.25, 0.3) is 0 Å². The van der Waals surface area contributed by atoms with Crippen LogP contribution < -0.4 is 4.90 Å². The van der Waals surface area contributed by atoms with Crippen LogP contribution in [-0.4, -0.2) is 18.9 Å². The van der Waals surface area contributed by atoms with Crippen molar-refractivity contribution in [2.75, 3.05) is 11.9 Å². The molecule has 82 valence electrons. The Bertz CT molecular complexity index is 469. The predicted octanol–water partition coefficient (Wildman–Crippen LogP) is 2.36. The summed E-state index contributed by atoms with van der Waals surface area (Å²) in [7, 11) is 1.99. The van der Waals surface area contributed by atoms with Crippen LogP contribution in [0.2, 0.25) is 0 Å². The van der Waals surface area contributed by atoms with Crippen LogP contribution in [0.3, 0.4) is 0 Å². The lowest BCUT2D eigenvalue weighted by Crippen LogP contribution is -2.21. The van der Waals surface area contributed by atoms with Gasteiger partial charge in [-0.2, -0.15) is 5.26 Å². The molecule has 16 heavy (non-hydrogen) atoms. The van der Waals surface area contributed by atoms with Gasteiger partial charge in [-0.1, -0.05) is 0 Å². The standard InChI is InChI=1S/C13H14N2O/c1-9(16)12-6-3-10(8-14)7-13(12)15(2)11-4-5-11/h3,6-7,11H,4-5H2,1-2H3. The quantitative estimate of drug-likeness (QED) is 0.725. The zero-order chi connectivity index (χ0) is 11.7. The maximum atomic E-state index is 11.5. The fourth-order valence-electron chi connectivity index (χ4n) is 1.85. The normalized spacial score (nSPS) is 14.3. The summed E-state index contributed by atoms with van der Waals surface area (Å²) in [6.07, 6.45) is 2.34. The van der Waals surface area contributed by atoms with Gasteiger partial charge in [0, 0.05) is 24.3 Å². The average Bonchev–Trinajstić information content (AvgIpc) is 3.11. The lowest BCUT2D eigenvalue weighted by molar-refractivity contribution is 0.101. The molecule has 1 saturated carbocycles. The van der Waals surface area contributed by atoms with E-state index < -0.39 is 0 Å². The van der Waals surface area contributed by atoms with Crippen molar-refractivity contribution in [2.24, 2.45) is 0 Å². The molecule has 0 N–H and O–H groups in total. The van der Waals surface area contributed by atoms with Crippen molar-refractivity contribution >= 4 is 11.5 Å². The number of anilines is 1. The number of nitriles is 1. The highest BCUT2D eigenvalue weighted by molar-refractivity contribution is 6.00. The molecule has 0 bridgehead atoms. The number of ketones is 1. The van der Waals surface area contributed by atoms with Crippen molar-refractivity contribution < 1.29 is 4.79 Å². The second-order valence-corrected chi connectivity index (χ2v) is 4.24. The molecule has 1 fully saturated rings. The Balaban J connectivity index is 2.45. The monoisotopic (exact) mass is 214 g/mol. The van der Waals surface area contributed by atoms with Gasteiger partial charge < -0.3 is 4.90 Å². The summed E-state index contributed by atoms with van der Waals surface area (Å²) in [6, 6.07) is 7.89. The van der Waals surface area contributed by atoms with Crippen molar-refractivity contribution in [2.45, 2.75) is 25.8 Å². The van der Waals surface area contributed by atoms with E-state index in [1.54, 1.807) is 25.1 Å². The fourth-order valence-corrected chi connectivity index (χ4v) is 1.85. The van der Waals surface area contributed by atoms with Crippen LogP contribution in [0.1, 0.15) is 35.7 Å². The van der Waals surface area contributed by atoms with Crippen molar-refractivity contribution in [3.63, 3.8) is 0 Å². The van der Waals surface area contributed by atoms with Gasteiger partial charge in [0.2, 0.25) is 0 Å². The smallest absolute Gasteiger partial charge is 0.161 e. The van der Waals surface area contributed by atoms with Crippen LogP contribution >= 0.6 is 0 Å². The molecule has 0 radical (unpaired) electrons. The first kappa shape index (κ1) is 10.7. The lowest BCUT2D eigenvalue weighted by Gasteiger charge is -2.21. The number of hydrogen-bond acceptors (Lipinski definition) is 3. The highest BCUT2D eigenvalue weighted by Crippen LogP contribution is 2.32. The molecule has 3 nitrogen and oxygen atoms in total. The Morgan fingerprint density at radius 3 is 2.69 bits per heavy atom. The first-order valence-corrected chi connectivity index (χ1v) is 5.41. The summed E-state index contributed by atoms with van der Waals surface area (Å²) in [6.45, 7) is 1.56. The van der Waals surface area contributed by atoms with Crippen LogP contribution in [-0.2, 0) is 0 Å². The van der Waals surface area contributed by atoms with Crippen LogP contribution in [0.4, 0.5) is 5.69 Å². The van der Waals surface area contributed by atoms with E-state index in [1.807, 2.05) is 7.05 Å². The molecule has 1 aliphatic carbocycles. The molecule has 1 aliphatic rings. The van der Waals surface area contributed by atoms with Gasteiger partial charge in [0.05, 0.1) is 11.6 Å². The Kier molecular flexibility index (Phi) is 2.66. The number of benzene rings is 1. The summed E-state index contributed by atoms with van der Waals surface area (Å²) in [5.74, 6) is 0.0481. The van der Waals surface area contributed by atoms with E-state index in [2.05, 4.69) is 11.0 Å². The highest BCUT2D eigenvalue weighted by Gasteiger charge is 2.28. The number of carbonyl (C=O) groups excluding carboxylic acids is 1. The van der Waals surface area contributed by atoms with Gasteiger partial charge in [0.25, 0.3) is 0 Å². The average molecular weight is 214 g/mol. The summed E-state index contributed by atoms with van der Waals surface area (Å²) in [4.78, 5) is 13.6. The Morgan fingerprint density at radius 1 is 1.50 bits per heavy atom. The maximum Gasteiger partial charge on any atom is 0.161 e. The summed E-state index contributed by atoms with van der Waals surface area (Å²) in [5, 5.41) is 8.87. The van der Waals surface area contributed by atoms with E-state index in [0.29, 0.717) is 17.2 Å². The van der Waals surface area contributed by atoms with E-state index in [-0.39, 0.29) is 5.78 Å². The predicted molar refractivity (Wildman–Crippen MR) is 62.6 cm³/mol. The minimum absolute atomic E-state index is 0.0481. The van der Waals surface area contributed by atoms with E-state index in [0.717, 1.165) is 5.69 Å². The van der Waals surface area contributed by atoms with Crippen molar-refractivity contribution in [3.8, 4) is 6.07 Å². The highest BCUT2D eigenvalue weighted by atomic mass is 16.1. The summed E-state index contributed by atoms with van der Waals surface area (Å²) < 4.78 is 0. The molecule has 0 aliphatic heterocycles. The van der Waals surface area contributed by atoms with Crippen LogP contribution in [0, 0.1) is 11.3 Å². The summed E-state index contributed by atoms with van der Waals surface area (Å²) >= 11 is 0. The number of Topliss-reactive ketones (excluding diaryl/α,β-unsaturated/α-hetero) is 1. The molecule has 0 saturated heterocycles. The molecule has 0 amide bonds. The first-order valence-electron chi connectivity index (χ1n) is 5.41. The van der Waals surface area contributed by atoms with Gasteiger partial charge in [-0.3, -0.25) is 4.79 Å². The minimum Gasteiger partial charge on any atom is -0.371 e. The molecular formula is C13H14N2O. The first-order chi connectivity index (χ1) is 7.63. The van der Waals surface area contributed by atoms with Crippen molar-refractivity contribution in [1.29, 1.82) is 5.26 Å². The largest absolute Gasteiger partial charge is 0.371 e. The van der Waals surface area contributed by atoms with Crippen LogP contribution in [0.15, 0.2) is 18.2 Å². The summed E-state index contributed by atoms with van der Waals surface area (Å²) in [5.41, 5.74) is 2.19. The van der Waals surface area contributed by atoms with Gasteiger partial charge in [-0.25, -0.2) is 0 Å². The molecule has 0 spiro atoms. The Morgan fingerprint density at radius 2 is 2.19 bits per heavy atom. The number of carbonyl (C=O) groups is 1. The zero-order valence-electron chi connectivity index (χ0n) is 9.53. The number of rotatable bonds is 3. The second-order valence-electron chi connectivity index (χ2n) is 4.24. The second kappa shape index (κ2) is 3.97. The lowest BCUT2D eigenvalue weighted by atomic mass is 10.1. The van der Waals surface area contributed by atoms with Crippen LogP contribution in [0.5, 0.6) is 0 Å². The Hall–Kier alpha value is -1.82. The maximum absolute atomic E-state index is 11.5. The third-order valence-corrected chi connectivity index (χ3v) is 2.98. The van der Waals surface area contributed by atoms with E-state index >= 15 is 0 Å². The molecule has 0 heterocycles. The van der Waals surface area contributed by atoms with Crippen molar-refractivity contribution in [1.82, 2.24) is 0 Å². The van der Waals surface area contributed by atoms with E-state index in [9.17, 15) is 4.79 Å². The SMILES string of the molecule is CC(=O)c1ccc(C#N)cc1N(C)C1CC1. The number of nitrogens with zero attached hydrogens (tertiary/aromatic N) is 2. The molecule has 0 unspecified atom stereocenters. The van der Waals surface area contributed by atoms with E-state index in [1.165, 1.54) is 12.8 Å². The molecule has 0 atom stereocenters. The molecular weight excluding hydrogens is 200 g/mol. The minimum atomic E-state index is 0.0481. The molecule has 2 rings (SSSR count). The third kappa shape index (κ3) is 1.92. The fraction of sp³-hybridized carbons (Fsp3) is 0.385. The van der Waals surface area contributed by atoms with E-state index in [4.69, 9.17) is 5.26 Å². The van der Waals surface area contributed by atoms with Gasteiger partial charge >= 0.3 is 0 Å².